The first kappa shape index (κ1) is 20.3. The number of amides is 2. The Labute approximate surface area is 163 Å². The lowest BCUT2D eigenvalue weighted by Gasteiger charge is -2.22. The molecule has 0 aliphatic rings. The van der Waals surface area contributed by atoms with Crippen LogP contribution < -0.4 is 5.32 Å². The molecule has 0 spiro atoms. The molecule has 0 fully saturated rings. The van der Waals surface area contributed by atoms with Crippen LogP contribution in [0.3, 0.4) is 0 Å². The van der Waals surface area contributed by atoms with Crippen LogP contribution in [0, 0.1) is 6.92 Å². The molecule has 6 heteroatoms. The molecule has 1 N–H and O–H groups in total. The fraction of sp³-hybridized carbons (Fsp3) is 0.300. The van der Waals surface area contributed by atoms with Gasteiger partial charge in [-0.3, -0.25) is 9.59 Å². The van der Waals surface area contributed by atoms with E-state index in [-0.39, 0.29) is 18.4 Å². The molecule has 0 radical (unpaired) electrons. The molecule has 2 aromatic rings. The zero-order valence-electron chi connectivity index (χ0n) is 15.2. The summed E-state index contributed by atoms with van der Waals surface area (Å²) in [4.78, 5) is 27.9. The van der Waals surface area contributed by atoms with E-state index in [1.165, 1.54) is 0 Å². The van der Waals surface area contributed by atoms with Crippen molar-refractivity contribution in [2.24, 2.45) is 0 Å². The van der Waals surface area contributed by atoms with E-state index in [9.17, 15) is 9.59 Å². The van der Waals surface area contributed by atoms with Gasteiger partial charge in [-0.1, -0.05) is 36.7 Å². The first-order chi connectivity index (χ1) is 12.5. The third-order valence-electron chi connectivity index (χ3n) is 3.94. The predicted molar refractivity (Wildman–Crippen MR) is 109 cm³/mol. The maximum absolute atomic E-state index is 12.9. The summed E-state index contributed by atoms with van der Waals surface area (Å²) in [5, 5.41) is 3.27. The van der Waals surface area contributed by atoms with Crippen molar-refractivity contribution < 1.29 is 9.59 Å². The van der Waals surface area contributed by atoms with E-state index in [1.807, 2.05) is 50.4 Å². The number of aryl methyl sites for hydroxylation is 1. The maximum Gasteiger partial charge on any atom is 0.255 e. The molecule has 0 unspecified atom stereocenters. The van der Waals surface area contributed by atoms with Gasteiger partial charge in [-0.2, -0.15) is 0 Å². The Balaban J connectivity index is 2.16. The number of hydrogen-bond acceptors (Lipinski definition) is 3. The lowest BCUT2D eigenvalue weighted by atomic mass is 10.2. The Hall–Kier alpha value is -1.98. The average Bonchev–Trinajstić information content (AvgIpc) is 2.63. The molecule has 0 heterocycles. The standard InChI is InChI=1S/C20H23ClN2O2S/c1-4-11-23(13-19(24)22-18-8-6-5-7-14(18)2)20(25)16-12-15(26-3)9-10-17(16)21/h5-10,12H,4,11,13H2,1-3H3,(H,22,24). The minimum Gasteiger partial charge on any atom is -0.329 e. The van der Waals surface area contributed by atoms with Crippen LogP contribution in [0.15, 0.2) is 47.4 Å². The van der Waals surface area contributed by atoms with Gasteiger partial charge < -0.3 is 10.2 Å². The molecule has 26 heavy (non-hydrogen) atoms. The fourth-order valence-corrected chi connectivity index (χ4v) is 3.20. The van der Waals surface area contributed by atoms with Crippen LogP contribution in [0.5, 0.6) is 0 Å². The highest BCUT2D eigenvalue weighted by Crippen LogP contribution is 2.24. The molecular formula is C20H23ClN2O2S. The van der Waals surface area contributed by atoms with Crippen LogP contribution in [-0.4, -0.2) is 36.1 Å². The highest BCUT2D eigenvalue weighted by Gasteiger charge is 2.21. The van der Waals surface area contributed by atoms with Crippen molar-refractivity contribution in [2.75, 3.05) is 24.7 Å². The van der Waals surface area contributed by atoms with Gasteiger partial charge in [0.25, 0.3) is 5.91 Å². The molecule has 2 rings (SSSR count). The average molecular weight is 391 g/mol. The van der Waals surface area contributed by atoms with Crippen LogP contribution in [0.1, 0.15) is 29.3 Å². The lowest BCUT2D eigenvalue weighted by Crippen LogP contribution is -2.38. The number of nitrogens with one attached hydrogen (secondary N) is 1. The number of carbonyl (C=O) groups excluding carboxylic acids is 2. The quantitative estimate of drug-likeness (QED) is 0.686. The van der Waals surface area contributed by atoms with Crippen molar-refractivity contribution in [3.63, 3.8) is 0 Å². The Morgan fingerprint density at radius 3 is 2.58 bits per heavy atom. The second kappa shape index (κ2) is 9.64. The molecule has 138 valence electrons. The molecule has 0 aliphatic carbocycles. The molecule has 4 nitrogen and oxygen atoms in total. The summed E-state index contributed by atoms with van der Waals surface area (Å²) >= 11 is 7.76. The van der Waals surface area contributed by atoms with Crippen molar-refractivity contribution in [2.45, 2.75) is 25.2 Å². The number of para-hydroxylation sites is 1. The number of nitrogens with zero attached hydrogens (tertiary/aromatic N) is 1. The van der Waals surface area contributed by atoms with Crippen molar-refractivity contribution in [1.29, 1.82) is 0 Å². The molecular weight excluding hydrogens is 368 g/mol. The molecule has 0 atom stereocenters. The highest BCUT2D eigenvalue weighted by atomic mass is 35.5. The second-order valence-electron chi connectivity index (χ2n) is 5.94. The molecule has 0 aromatic heterocycles. The van der Waals surface area contributed by atoms with Crippen molar-refractivity contribution in [1.82, 2.24) is 4.90 Å². The Kier molecular flexibility index (Phi) is 7.54. The highest BCUT2D eigenvalue weighted by molar-refractivity contribution is 7.98. The number of rotatable bonds is 7. The van der Waals surface area contributed by atoms with Crippen LogP contribution >= 0.6 is 23.4 Å². The van der Waals surface area contributed by atoms with Gasteiger partial charge in [-0.25, -0.2) is 0 Å². The zero-order valence-corrected chi connectivity index (χ0v) is 16.8. The number of halogens is 1. The number of carbonyl (C=O) groups is 2. The van der Waals surface area contributed by atoms with Gasteiger partial charge in [0, 0.05) is 17.1 Å². The number of anilines is 1. The second-order valence-corrected chi connectivity index (χ2v) is 7.22. The van der Waals surface area contributed by atoms with E-state index in [2.05, 4.69) is 5.32 Å². The van der Waals surface area contributed by atoms with E-state index < -0.39 is 0 Å². The molecule has 0 bridgehead atoms. The Bertz CT molecular complexity index is 795. The molecule has 0 aliphatic heterocycles. The van der Waals surface area contributed by atoms with E-state index in [1.54, 1.807) is 28.8 Å². The SMILES string of the molecule is CCCN(CC(=O)Nc1ccccc1C)C(=O)c1cc(SC)ccc1Cl. The summed E-state index contributed by atoms with van der Waals surface area (Å²) in [6.45, 7) is 4.37. The van der Waals surface area contributed by atoms with Crippen LogP contribution in [0.25, 0.3) is 0 Å². The van der Waals surface area contributed by atoms with Gasteiger partial charge in [-0.05, 0) is 49.4 Å². The normalized spacial score (nSPS) is 10.5. The molecule has 0 saturated heterocycles. The minimum absolute atomic E-state index is 0.0131. The summed E-state index contributed by atoms with van der Waals surface area (Å²) in [7, 11) is 0. The summed E-state index contributed by atoms with van der Waals surface area (Å²) in [5.74, 6) is -0.453. The smallest absolute Gasteiger partial charge is 0.255 e. The van der Waals surface area contributed by atoms with Crippen LogP contribution in [0.4, 0.5) is 5.69 Å². The molecule has 2 aromatic carbocycles. The van der Waals surface area contributed by atoms with E-state index in [0.717, 1.165) is 22.6 Å². The zero-order chi connectivity index (χ0) is 19.1. The van der Waals surface area contributed by atoms with Crippen molar-refractivity contribution >= 4 is 40.9 Å². The topological polar surface area (TPSA) is 49.4 Å². The molecule has 0 saturated carbocycles. The van der Waals surface area contributed by atoms with Crippen molar-refractivity contribution in [3.8, 4) is 0 Å². The predicted octanol–water partition coefficient (Wildman–Crippen LogP) is 4.86. The van der Waals surface area contributed by atoms with Crippen LogP contribution in [0.2, 0.25) is 5.02 Å². The number of hydrogen-bond donors (Lipinski definition) is 1. The summed E-state index contributed by atoms with van der Waals surface area (Å²) in [6, 6.07) is 12.9. The van der Waals surface area contributed by atoms with E-state index >= 15 is 0 Å². The number of thioether (sulfide) groups is 1. The van der Waals surface area contributed by atoms with Gasteiger partial charge >= 0.3 is 0 Å². The minimum atomic E-state index is -0.229. The Morgan fingerprint density at radius 1 is 1.19 bits per heavy atom. The van der Waals surface area contributed by atoms with E-state index in [4.69, 9.17) is 11.6 Å². The van der Waals surface area contributed by atoms with Crippen LogP contribution in [-0.2, 0) is 4.79 Å². The molecule has 2 amide bonds. The third kappa shape index (κ3) is 5.26. The largest absolute Gasteiger partial charge is 0.329 e. The van der Waals surface area contributed by atoms with Gasteiger partial charge in [0.15, 0.2) is 0 Å². The van der Waals surface area contributed by atoms with Gasteiger partial charge in [0.1, 0.15) is 6.54 Å². The summed E-state index contributed by atoms with van der Waals surface area (Å²) < 4.78 is 0. The first-order valence-corrected chi connectivity index (χ1v) is 10.0. The maximum atomic E-state index is 12.9. The Morgan fingerprint density at radius 2 is 1.92 bits per heavy atom. The van der Waals surface area contributed by atoms with Crippen molar-refractivity contribution in [3.05, 3.63) is 58.6 Å². The lowest BCUT2D eigenvalue weighted by molar-refractivity contribution is -0.116. The summed E-state index contributed by atoms with van der Waals surface area (Å²) in [6.07, 6.45) is 2.69. The first-order valence-electron chi connectivity index (χ1n) is 8.44. The van der Waals surface area contributed by atoms with Gasteiger partial charge in [0.2, 0.25) is 5.91 Å². The van der Waals surface area contributed by atoms with Gasteiger partial charge in [-0.15, -0.1) is 11.8 Å². The van der Waals surface area contributed by atoms with Gasteiger partial charge in [0.05, 0.1) is 10.6 Å². The summed E-state index contributed by atoms with van der Waals surface area (Å²) in [5.41, 5.74) is 2.16. The van der Waals surface area contributed by atoms with E-state index in [0.29, 0.717) is 17.1 Å². The fourth-order valence-electron chi connectivity index (χ4n) is 2.56. The monoisotopic (exact) mass is 390 g/mol. The third-order valence-corrected chi connectivity index (χ3v) is 4.99. The number of benzene rings is 2.